The monoisotopic (exact) mass is 313 g/mol. The fraction of sp³-hybridized carbons (Fsp3) is 0.278. The van der Waals surface area contributed by atoms with Gasteiger partial charge in [0.2, 0.25) is 6.79 Å². The molecule has 0 saturated heterocycles. The molecule has 0 amide bonds. The summed E-state index contributed by atoms with van der Waals surface area (Å²) < 4.78 is 10.7. The highest BCUT2D eigenvalue weighted by Gasteiger charge is 2.15. The summed E-state index contributed by atoms with van der Waals surface area (Å²) in [5, 5.41) is 3.26. The lowest BCUT2D eigenvalue weighted by Crippen LogP contribution is -2.12. The Bertz CT molecular complexity index is 702. The Labute approximate surface area is 136 Å². The van der Waals surface area contributed by atoms with E-state index in [2.05, 4.69) is 50.4 Å². The number of benzene rings is 2. The Morgan fingerprint density at radius 3 is 2.36 bits per heavy atom. The van der Waals surface area contributed by atoms with E-state index in [0.717, 1.165) is 22.7 Å². The number of ether oxygens (including phenoxy) is 2. The molecule has 0 unspecified atom stereocenters. The number of hydrogen-bond acceptors (Lipinski definition) is 3. The summed E-state index contributed by atoms with van der Waals surface area (Å²) in [4.78, 5) is 0.668. The molecule has 2 aromatic rings. The van der Waals surface area contributed by atoms with Crippen molar-refractivity contribution in [2.24, 2.45) is 0 Å². The molecule has 114 valence electrons. The third kappa shape index (κ3) is 3.07. The minimum atomic E-state index is 0.149. The lowest BCUT2D eigenvalue weighted by molar-refractivity contribution is 0.174. The van der Waals surface area contributed by atoms with Gasteiger partial charge in [0.05, 0.1) is 0 Å². The van der Waals surface area contributed by atoms with E-state index in [1.165, 1.54) is 5.56 Å². The van der Waals surface area contributed by atoms with Gasteiger partial charge in [0.1, 0.15) is 4.99 Å². The lowest BCUT2D eigenvalue weighted by Gasteiger charge is -2.19. The highest BCUT2D eigenvalue weighted by Crippen LogP contribution is 2.33. The third-order valence-electron chi connectivity index (χ3n) is 3.64. The molecule has 1 N–H and O–H groups in total. The summed E-state index contributed by atoms with van der Waals surface area (Å²) in [6.45, 7) is 6.87. The zero-order valence-electron chi connectivity index (χ0n) is 13.0. The number of thiocarbonyl (C=S) groups is 1. The minimum absolute atomic E-state index is 0.149. The van der Waals surface area contributed by atoms with Crippen LogP contribution in [-0.4, -0.2) is 11.8 Å². The van der Waals surface area contributed by atoms with Crippen LogP contribution in [0, 0.1) is 0 Å². The first-order valence-corrected chi connectivity index (χ1v) is 7.66. The maximum absolute atomic E-state index is 5.47. The summed E-state index contributed by atoms with van der Waals surface area (Å²) in [7, 11) is 0. The van der Waals surface area contributed by atoms with Crippen molar-refractivity contribution in [1.82, 2.24) is 0 Å². The van der Waals surface area contributed by atoms with Crippen LogP contribution in [0.15, 0.2) is 42.5 Å². The number of hydrogen-bond donors (Lipinski definition) is 1. The van der Waals surface area contributed by atoms with Crippen molar-refractivity contribution >= 4 is 22.9 Å². The molecule has 2 aromatic carbocycles. The van der Waals surface area contributed by atoms with Crippen molar-refractivity contribution in [1.29, 1.82) is 0 Å². The van der Waals surface area contributed by atoms with Crippen molar-refractivity contribution < 1.29 is 9.47 Å². The van der Waals surface area contributed by atoms with Crippen LogP contribution in [0.5, 0.6) is 11.5 Å². The van der Waals surface area contributed by atoms with Crippen LogP contribution in [0.3, 0.4) is 0 Å². The molecule has 0 fully saturated rings. The second kappa shape index (κ2) is 5.61. The maximum atomic E-state index is 5.47. The molecule has 1 aliphatic rings. The first-order chi connectivity index (χ1) is 10.4. The van der Waals surface area contributed by atoms with Gasteiger partial charge in [-0.15, -0.1) is 0 Å². The number of anilines is 1. The summed E-state index contributed by atoms with van der Waals surface area (Å²) in [5.74, 6) is 1.51. The van der Waals surface area contributed by atoms with E-state index in [1.54, 1.807) is 0 Å². The first-order valence-electron chi connectivity index (χ1n) is 7.25. The molecule has 22 heavy (non-hydrogen) atoms. The smallest absolute Gasteiger partial charge is 0.231 e. The summed E-state index contributed by atoms with van der Waals surface area (Å²) in [5.41, 5.74) is 3.35. The van der Waals surface area contributed by atoms with Crippen LogP contribution in [-0.2, 0) is 5.41 Å². The third-order valence-corrected chi connectivity index (χ3v) is 3.98. The summed E-state index contributed by atoms with van der Waals surface area (Å²) >= 11 is 5.47. The zero-order valence-corrected chi connectivity index (χ0v) is 13.8. The van der Waals surface area contributed by atoms with Gasteiger partial charge in [-0.3, -0.25) is 0 Å². The second-order valence-corrected chi connectivity index (χ2v) is 6.76. The van der Waals surface area contributed by atoms with E-state index in [9.17, 15) is 0 Å². The Balaban J connectivity index is 1.74. The fourth-order valence-corrected chi connectivity index (χ4v) is 2.54. The molecule has 0 bridgehead atoms. The molecule has 0 saturated carbocycles. The molecule has 3 nitrogen and oxygen atoms in total. The molecule has 0 aliphatic carbocycles. The first kappa shape index (κ1) is 14.9. The Morgan fingerprint density at radius 1 is 1.00 bits per heavy atom. The van der Waals surface area contributed by atoms with E-state index < -0.39 is 0 Å². The molecule has 1 aliphatic heterocycles. The summed E-state index contributed by atoms with van der Waals surface area (Å²) in [6.07, 6.45) is 0. The predicted molar refractivity (Wildman–Crippen MR) is 93.0 cm³/mol. The highest BCUT2D eigenvalue weighted by molar-refractivity contribution is 7.81. The van der Waals surface area contributed by atoms with Gasteiger partial charge in [0.15, 0.2) is 11.5 Å². The van der Waals surface area contributed by atoms with Crippen LogP contribution in [0.2, 0.25) is 0 Å². The number of fused-ring (bicyclic) bond motifs is 1. The molecule has 0 aromatic heterocycles. The van der Waals surface area contributed by atoms with Gasteiger partial charge in [-0.1, -0.05) is 45.1 Å². The minimum Gasteiger partial charge on any atom is -0.454 e. The van der Waals surface area contributed by atoms with E-state index in [-0.39, 0.29) is 12.2 Å². The lowest BCUT2D eigenvalue weighted by atomic mass is 9.87. The topological polar surface area (TPSA) is 30.5 Å². The largest absolute Gasteiger partial charge is 0.454 e. The normalized spacial score (nSPS) is 13.0. The van der Waals surface area contributed by atoms with Gasteiger partial charge in [0.25, 0.3) is 0 Å². The van der Waals surface area contributed by atoms with Gasteiger partial charge in [-0.2, -0.15) is 0 Å². The fourth-order valence-electron chi connectivity index (χ4n) is 2.29. The summed E-state index contributed by atoms with van der Waals surface area (Å²) in [6, 6.07) is 14.1. The number of rotatable bonds is 2. The quantitative estimate of drug-likeness (QED) is 0.827. The van der Waals surface area contributed by atoms with Gasteiger partial charge in [-0.25, -0.2) is 0 Å². The molecular formula is C18H19NO2S. The van der Waals surface area contributed by atoms with Crippen LogP contribution in [0.4, 0.5) is 5.69 Å². The van der Waals surface area contributed by atoms with E-state index in [4.69, 9.17) is 21.7 Å². The molecule has 4 heteroatoms. The second-order valence-electron chi connectivity index (χ2n) is 6.35. The molecule has 0 radical (unpaired) electrons. The molecule has 1 heterocycles. The van der Waals surface area contributed by atoms with Crippen molar-refractivity contribution in [2.75, 3.05) is 12.1 Å². The van der Waals surface area contributed by atoms with Crippen molar-refractivity contribution in [3.63, 3.8) is 0 Å². The standard InChI is InChI=1S/C18H19NO2S/c1-18(2,3)13-5-7-14(8-6-13)19-17(22)12-4-9-15-16(10-12)21-11-20-15/h4-10H,11H2,1-3H3,(H,19,22). The number of nitrogens with one attached hydrogen (secondary N) is 1. The maximum Gasteiger partial charge on any atom is 0.231 e. The Kier molecular flexibility index (Phi) is 3.79. The molecule has 0 spiro atoms. The van der Waals surface area contributed by atoms with E-state index in [1.807, 2.05) is 18.2 Å². The van der Waals surface area contributed by atoms with Crippen molar-refractivity contribution in [3.8, 4) is 11.5 Å². The van der Waals surface area contributed by atoms with Crippen LogP contribution in [0.25, 0.3) is 0 Å². The van der Waals surface area contributed by atoms with Crippen LogP contribution < -0.4 is 14.8 Å². The Hall–Kier alpha value is -2.07. The SMILES string of the molecule is CC(C)(C)c1ccc(NC(=S)c2ccc3c(c2)OCO3)cc1. The van der Waals surface area contributed by atoms with Crippen molar-refractivity contribution in [3.05, 3.63) is 53.6 Å². The van der Waals surface area contributed by atoms with Gasteiger partial charge in [-0.05, 0) is 41.3 Å². The predicted octanol–water partition coefficient (Wildman–Crippen LogP) is 4.50. The van der Waals surface area contributed by atoms with Crippen LogP contribution in [0.1, 0.15) is 31.9 Å². The van der Waals surface area contributed by atoms with Crippen molar-refractivity contribution in [2.45, 2.75) is 26.2 Å². The van der Waals surface area contributed by atoms with E-state index in [0.29, 0.717) is 4.99 Å². The Morgan fingerprint density at radius 2 is 1.68 bits per heavy atom. The van der Waals surface area contributed by atoms with Gasteiger partial charge < -0.3 is 14.8 Å². The average Bonchev–Trinajstić information content (AvgIpc) is 2.94. The molecule has 3 rings (SSSR count). The van der Waals surface area contributed by atoms with Gasteiger partial charge in [0, 0.05) is 11.3 Å². The van der Waals surface area contributed by atoms with Gasteiger partial charge >= 0.3 is 0 Å². The zero-order chi connectivity index (χ0) is 15.7. The molecule has 0 atom stereocenters. The van der Waals surface area contributed by atoms with E-state index >= 15 is 0 Å². The highest BCUT2D eigenvalue weighted by atomic mass is 32.1. The molecular weight excluding hydrogens is 294 g/mol. The average molecular weight is 313 g/mol. The van der Waals surface area contributed by atoms with Crippen LogP contribution >= 0.6 is 12.2 Å².